The van der Waals surface area contributed by atoms with Crippen LogP contribution in [0.4, 0.5) is 5.13 Å². The molecule has 0 spiro atoms. The van der Waals surface area contributed by atoms with Gasteiger partial charge in [0, 0.05) is 24.0 Å². The molecule has 0 saturated carbocycles. The maximum Gasteiger partial charge on any atom is 0.250 e. The third-order valence-electron chi connectivity index (χ3n) is 3.43. The van der Waals surface area contributed by atoms with Crippen molar-refractivity contribution in [2.75, 3.05) is 11.6 Å². The fourth-order valence-corrected chi connectivity index (χ4v) is 3.48. The number of thiazole rings is 1. The van der Waals surface area contributed by atoms with Crippen molar-refractivity contribution < 1.29 is 4.79 Å². The fraction of sp³-hybridized carbons (Fsp3) is 0.176. The van der Waals surface area contributed by atoms with Gasteiger partial charge in [0.05, 0.1) is 10.2 Å². The highest BCUT2D eigenvalue weighted by molar-refractivity contribution is 7.98. The van der Waals surface area contributed by atoms with Crippen LogP contribution in [0, 0.1) is 13.8 Å². The Hall–Kier alpha value is -2.25. The van der Waals surface area contributed by atoms with Gasteiger partial charge < -0.3 is 0 Å². The second-order valence-corrected chi connectivity index (χ2v) is 6.99. The van der Waals surface area contributed by atoms with E-state index in [9.17, 15) is 4.79 Å². The number of fused-ring (bicyclic) bond motifs is 1. The predicted octanol–water partition coefficient (Wildman–Crippen LogP) is 4.08. The number of hydrogen-bond donors (Lipinski definition) is 1. The Morgan fingerprint density at radius 2 is 1.92 bits per heavy atom. The van der Waals surface area contributed by atoms with E-state index < -0.39 is 0 Å². The molecule has 1 N–H and O–H groups in total. The smallest absolute Gasteiger partial charge is 0.250 e. The molecule has 0 radical (unpaired) electrons. The van der Waals surface area contributed by atoms with Crippen LogP contribution in [0.25, 0.3) is 16.3 Å². The normalized spacial score (nSPS) is 11.3. The molecular weight excluding hydrogens is 340 g/mol. The molecule has 2 aromatic heterocycles. The van der Waals surface area contributed by atoms with Gasteiger partial charge in [0.15, 0.2) is 10.3 Å². The predicted molar refractivity (Wildman–Crippen MR) is 101 cm³/mol. The minimum atomic E-state index is -0.224. The minimum Gasteiger partial charge on any atom is -0.298 e. The molecule has 7 heteroatoms. The third-order valence-corrected chi connectivity index (χ3v) is 5.11. The summed E-state index contributed by atoms with van der Waals surface area (Å²) in [5, 5.41) is 4.12. The van der Waals surface area contributed by atoms with Crippen LogP contribution in [-0.4, -0.2) is 27.1 Å². The van der Waals surface area contributed by atoms with E-state index in [0.717, 1.165) is 26.9 Å². The zero-order chi connectivity index (χ0) is 17.1. The lowest BCUT2D eigenvalue weighted by atomic mass is 10.1. The van der Waals surface area contributed by atoms with Crippen LogP contribution >= 0.6 is 23.1 Å². The SMILES string of the molecule is CSc1ncc(/C=C/C(=O)Nc2nc3c(C)ccc(C)c3s2)cn1. The lowest BCUT2D eigenvalue weighted by Gasteiger charge is -1.96. The largest absolute Gasteiger partial charge is 0.298 e. The molecule has 1 amide bonds. The van der Waals surface area contributed by atoms with Crippen LogP contribution in [-0.2, 0) is 4.79 Å². The lowest BCUT2D eigenvalue weighted by Crippen LogP contribution is -2.07. The molecule has 2 heterocycles. The molecule has 3 aromatic rings. The van der Waals surface area contributed by atoms with Gasteiger partial charge in [-0.25, -0.2) is 15.0 Å². The molecule has 0 bridgehead atoms. The van der Waals surface area contributed by atoms with E-state index >= 15 is 0 Å². The second-order valence-electron chi connectivity index (χ2n) is 5.22. The van der Waals surface area contributed by atoms with Crippen molar-refractivity contribution in [1.82, 2.24) is 15.0 Å². The van der Waals surface area contributed by atoms with Gasteiger partial charge in [0.1, 0.15) is 0 Å². The van der Waals surface area contributed by atoms with E-state index in [1.54, 1.807) is 18.5 Å². The summed E-state index contributed by atoms with van der Waals surface area (Å²) in [6.45, 7) is 4.06. The van der Waals surface area contributed by atoms with Crippen molar-refractivity contribution in [3.63, 3.8) is 0 Å². The first-order chi connectivity index (χ1) is 11.6. The first-order valence-electron chi connectivity index (χ1n) is 7.28. The van der Waals surface area contributed by atoms with E-state index in [1.807, 2.05) is 26.2 Å². The monoisotopic (exact) mass is 356 g/mol. The van der Waals surface area contributed by atoms with Crippen molar-refractivity contribution >= 4 is 50.4 Å². The van der Waals surface area contributed by atoms with Crippen LogP contribution in [0.2, 0.25) is 0 Å². The molecule has 122 valence electrons. The van der Waals surface area contributed by atoms with Crippen molar-refractivity contribution in [2.45, 2.75) is 19.0 Å². The summed E-state index contributed by atoms with van der Waals surface area (Å²) in [7, 11) is 0. The number of amides is 1. The summed E-state index contributed by atoms with van der Waals surface area (Å²) in [4.78, 5) is 24.9. The van der Waals surface area contributed by atoms with Gasteiger partial charge in [-0.3, -0.25) is 10.1 Å². The molecule has 3 rings (SSSR count). The Morgan fingerprint density at radius 3 is 2.58 bits per heavy atom. The molecule has 0 fully saturated rings. The van der Waals surface area contributed by atoms with Gasteiger partial charge in [0.25, 0.3) is 0 Å². The van der Waals surface area contributed by atoms with Crippen molar-refractivity contribution in [3.05, 3.63) is 47.3 Å². The molecule has 0 saturated heterocycles. The molecule has 0 atom stereocenters. The van der Waals surface area contributed by atoms with Gasteiger partial charge >= 0.3 is 0 Å². The number of carbonyl (C=O) groups excluding carboxylic acids is 1. The maximum atomic E-state index is 12.1. The topological polar surface area (TPSA) is 67.8 Å². The van der Waals surface area contributed by atoms with E-state index in [4.69, 9.17) is 0 Å². The van der Waals surface area contributed by atoms with Gasteiger partial charge in [-0.1, -0.05) is 35.2 Å². The zero-order valence-electron chi connectivity index (χ0n) is 13.5. The van der Waals surface area contributed by atoms with Crippen LogP contribution in [0.5, 0.6) is 0 Å². The highest BCUT2D eigenvalue weighted by atomic mass is 32.2. The first kappa shape index (κ1) is 16.6. The average molecular weight is 356 g/mol. The zero-order valence-corrected chi connectivity index (χ0v) is 15.2. The summed E-state index contributed by atoms with van der Waals surface area (Å²) in [6.07, 6.45) is 8.44. The summed E-state index contributed by atoms with van der Waals surface area (Å²) in [5.41, 5.74) is 3.99. The Morgan fingerprint density at radius 1 is 1.21 bits per heavy atom. The first-order valence-corrected chi connectivity index (χ1v) is 9.33. The molecule has 0 aliphatic rings. The maximum absolute atomic E-state index is 12.1. The number of aromatic nitrogens is 3. The Bertz CT molecular complexity index is 877. The molecule has 0 aliphatic carbocycles. The summed E-state index contributed by atoms with van der Waals surface area (Å²) in [6, 6.07) is 4.11. The molecule has 24 heavy (non-hydrogen) atoms. The molecule has 1 aromatic carbocycles. The van der Waals surface area contributed by atoms with Crippen LogP contribution in [0.3, 0.4) is 0 Å². The molecule has 0 unspecified atom stereocenters. The summed E-state index contributed by atoms with van der Waals surface area (Å²) in [5.74, 6) is -0.224. The van der Waals surface area contributed by atoms with Crippen molar-refractivity contribution in [3.8, 4) is 0 Å². The fourth-order valence-electron chi connectivity index (χ4n) is 2.15. The minimum absolute atomic E-state index is 0.224. The Labute approximate surface area is 148 Å². The lowest BCUT2D eigenvalue weighted by molar-refractivity contribution is -0.111. The third kappa shape index (κ3) is 3.63. The molecular formula is C17H16N4OS2. The number of anilines is 1. The summed E-state index contributed by atoms with van der Waals surface area (Å²) >= 11 is 2.96. The Balaban J connectivity index is 1.73. The number of benzene rings is 1. The number of carbonyl (C=O) groups is 1. The van der Waals surface area contributed by atoms with Crippen LogP contribution in [0.1, 0.15) is 16.7 Å². The highest BCUT2D eigenvalue weighted by Gasteiger charge is 2.09. The number of nitrogens with one attached hydrogen (secondary N) is 1. The van der Waals surface area contributed by atoms with Gasteiger partial charge in [-0.2, -0.15) is 0 Å². The van der Waals surface area contributed by atoms with Gasteiger partial charge in [-0.05, 0) is 37.3 Å². The van der Waals surface area contributed by atoms with E-state index in [2.05, 4.69) is 26.3 Å². The standard InChI is InChI=1S/C17H16N4OS2/c1-10-4-5-11(2)15-14(10)21-17(24-15)20-13(22)7-6-12-8-18-16(23-3)19-9-12/h4-9H,1-3H3,(H,20,21,22)/b7-6+. The molecule has 5 nitrogen and oxygen atoms in total. The van der Waals surface area contributed by atoms with E-state index in [1.165, 1.54) is 29.2 Å². The van der Waals surface area contributed by atoms with Crippen molar-refractivity contribution in [2.24, 2.45) is 0 Å². The highest BCUT2D eigenvalue weighted by Crippen LogP contribution is 2.30. The van der Waals surface area contributed by atoms with Gasteiger partial charge in [-0.15, -0.1) is 0 Å². The number of nitrogens with zero attached hydrogens (tertiary/aromatic N) is 3. The Kier molecular flexibility index (Phi) is 4.92. The summed E-state index contributed by atoms with van der Waals surface area (Å²) < 4.78 is 1.11. The van der Waals surface area contributed by atoms with E-state index in [-0.39, 0.29) is 5.91 Å². The number of rotatable bonds is 4. The quantitative estimate of drug-likeness (QED) is 0.433. The van der Waals surface area contributed by atoms with Crippen LogP contribution < -0.4 is 5.32 Å². The second kappa shape index (κ2) is 7.11. The number of thioether (sulfide) groups is 1. The van der Waals surface area contributed by atoms with Crippen molar-refractivity contribution in [1.29, 1.82) is 0 Å². The number of aryl methyl sites for hydroxylation is 2. The van der Waals surface area contributed by atoms with E-state index in [0.29, 0.717) is 10.3 Å². The van der Waals surface area contributed by atoms with Crippen LogP contribution in [0.15, 0.2) is 35.8 Å². The van der Waals surface area contributed by atoms with Gasteiger partial charge in [0.2, 0.25) is 5.91 Å². The molecule has 0 aliphatic heterocycles. The average Bonchev–Trinajstić information content (AvgIpc) is 3.02. The number of hydrogen-bond acceptors (Lipinski definition) is 6.